The molecule has 2 aromatic heterocycles. The Labute approximate surface area is 589 Å². The monoisotopic (exact) mass is 1350 g/mol. The SMILES string of the molecule is CC1CCCO1.CCc1nc2c(cc1C(=O)O)C(=O)N(C1CCN(Cc3cc(C4CC4)c(-c4ccc(F)cc4F)cc3OC(C)C)CC1)CC2.CCc1nc2c(cc1C(=O)OC)C(=O)N(C1CCN(Cc3cc(C4CC4)c(-c4ccc(F)cc4F)cc3OC(C)C)CC1)CC2.[Na+].[OH-]. The van der Waals surface area contributed by atoms with Gasteiger partial charge in [-0.15, -0.1) is 0 Å². The number of hydrogen-bond acceptors (Lipinski definition) is 13. The molecule has 5 fully saturated rings. The Balaban J connectivity index is 0.000000205. The van der Waals surface area contributed by atoms with E-state index in [1.165, 1.54) is 50.3 Å². The quantitative estimate of drug-likeness (QED) is 0.0485. The predicted molar refractivity (Wildman–Crippen MR) is 357 cm³/mol. The molecular formula is C76H91F4N6NaO10. The number of aromatic nitrogens is 2. The Morgan fingerprint density at radius 1 is 0.577 bits per heavy atom. The van der Waals surface area contributed by atoms with Crippen molar-refractivity contribution in [1.29, 1.82) is 0 Å². The van der Waals surface area contributed by atoms with Crippen LogP contribution in [0.25, 0.3) is 22.3 Å². The van der Waals surface area contributed by atoms with E-state index in [-0.39, 0.29) is 76.7 Å². The fourth-order valence-electron chi connectivity index (χ4n) is 14.2. The van der Waals surface area contributed by atoms with Gasteiger partial charge >= 0.3 is 41.5 Å². The van der Waals surface area contributed by atoms with Crippen molar-refractivity contribution in [1.82, 2.24) is 29.6 Å². The van der Waals surface area contributed by atoms with E-state index < -0.39 is 35.2 Å². The van der Waals surface area contributed by atoms with Crippen LogP contribution in [-0.2, 0) is 48.2 Å². The number of nitrogens with zero attached hydrogens (tertiary/aromatic N) is 6. The molecule has 1 unspecified atom stereocenters. The van der Waals surface area contributed by atoms with Gasteiger partial charge in [-0.05, 0) is 206 Å². The molecule has 13 rings (SSSR count). The molecule has 7 aliphatic rings. The number of carboxylic acids is 1. The van der Waals surface area contributed by atoms with Gasteiger partial charge in [-0.25, -0.2) is 27.2 Å². The van der Waals surface area contributed by atoms with E-state index in [0.717, 1.165) is 141 Å². The average molecular weight is 1350 g/mol. The van der Waals surface area contributed by atoms with E-state index in [9.17, 15) is 41.8 Å². The third kappa shape index (κ3) is 17.6. The molecule has 1 atom stereocenters. The van der Waals surface area contributed by atoms with Crippen LogP contribution in [0.5, 0.6) is 11.5 Å². The zero-order chi connectivity index (χ0) is 67.4. The molecule has 3 saturated heterocycles. The first-order chi connectivity index (χ1) is 45.7. The molecule has 6 aromatic rings. The Morgan fingerprint density at radius 2 is 1.00 bits per heavy atom. The van der Waals surface area contributed by atoms with Gasteiger partial charge in [0.2, 0.25) is 0 Å². The number of carboxylic acid groups (broad SMARTS) is 1. The van der Waals surface area contributed by atoms with Crippen LogP contribution in [0.1, 0.15) is 211 Å². The molecule has 2 saturated carbocycles. The zero-order valence-electron chi connectivity index (χ0n) is 57.6. The molecule has 4 aromatic carbocycles. The third-order valence-electron chi connectivity index (χ3n) is 19.4. The topological polar surface area (TPSA) is 194 Å². The largest absolute Gasteiger partial charge is 1.00 e. The molecule has 21 heteroatoms. The molecule has 0 bridgehead atoms. The minimum Gasteiger partial charge on any atom is -0.870 e. The number of rotatable bonds is 18. The minimum atomic E-state index is -1.06. The summed E-state index contributed by atoms with van der Waals surface area (Å²) in [6, 6.07) is 19.1. The molecule has 0 spiro atoms. The number of aromatic carboxylic acids is 1. The van der Waals surface area contributed by atoms with E-state index in [2.05, 4.69) is 38.8 Å². The van der Waals surface area contributed by atoms with Gasteiger partial charge in [0.1, 0.15) is 34.8 Å². The van der Waals surface area contributed by atoms with Crippen molar-refractivity contribution in [3.8, 4) is 33.8 Å². The van der Waals surface area contributed by atoms with Crippen LogP contribution in [0.2, 0.25) is 0 Å². The van der Waals surface area contributed by atoms with Gasteiger partial charge in [0.25, 0.3) is 11.8 Å². The number of hydrogen-bond donors (Lipinski definition) is 1. The molecule has 0 radical (unpaired) electrons. The summed E-state index contributed by atoms with van der Waals surface area (Å²) in [4.78, 5) is 69.2. The summed E-state index contributed by atoms with van der Waals surface area (Å²) in [7, 11) is 1.34. The van der Waals surface area contributed by atoms with E-state index in [4.69, 9.17) is 18.9 Å². The summed E-state index contributed by atoms with van der Waals surface area (Å²) in [5.41, 5.74) is 10.6. The van der Waals surface area contributed by atoms with Gasteiger partial charge < -0.3 is 39.3 Å². The zero-order valence-corrected chi connectivity index (χ0v) is 59.6. The first kappa shape index (κ1) is 74.4. The van der Waals surface area contributed by atoms with Crippen molar-refractivity contribution >= 4 is 23.8 Å². The maximum Gasteiger partial charge on any atom is 1.00 e. The van der Waals surface area contributed by atoms with Gasteiger partial charge in [0.15, 0.2) is 0 Å². The maximum absolute atomic E-state index is 14.9. The summed E-state index contributed by atoms with van der Waals surface area (Å²) in [5.74, 6) is -1.92. The Bertz CT molecular complexity index is 3820. The standard InChI is InChI=1S/C36H41F2N3O4.C35H39F2N3O4.C5H10O.Na.H2O/c1-5-32-30(36(43)44-4)18-29-33(39-32)12-15-41(35(29)42)25-10-13-40(14-11-25)20-23-16-27(22-6-7-22)28(19-34(23)45-21(2)3)26-9-8-24(37)17-31(26)38;1-4-31-29(35(42)43)17-28-32(38-31)11-14-40(34(28)41)24-9-12-39(13-10-24)19-22-15-26(21-5-6-21)27(18-33(22)44-20(2)3)25-8-7-23(36)16-30(25)37;1-5-3-2-4-6-5;;/h8-9,16-19,21-22,25H,5-7,10-15,20H2,1-4H3;7-8,15-18,20-21,24H,4-6,9-14,19H2,1-3H3,(H,42,43);5H,2-4H2,1H3;;1H2/q;;;+1;/p-1. The molecule has 5 aliphatic heterocycles. The maximum atomic E-state index is 14.9. The van der Waals surface area contributed by atoms with Crippen molar-refractivity contribution in [2.75, 3.05) is 53.0 Å². The van der Waals surface area contributed by atoms with E-state index in [1.54, 1.807) is 6.07 Å². The third-order valence-corrected chi connectivity index (χ3v) is 19.4. The number of halogens is 4. The summed E-state index contributed by atoms with van der Waals surface area (Å²) in [6.07, 6.45) is 12.8. The molecule has 2 amide bonds. The first-order valence-corrected chi connectivity index (χ1v) is 34.3. The molecule has 514 valence electrons. The van der Waals surface area contributed by atoms with Crippen molar-refractivity contribution < 1.29 is 95.8 Å². The number of amides is 2. The normalized spacial score (nSPS) is 18.3. The van der Waals surface area contributed by atoms with Crippen molar-refractivity contribution in [3.05, 3.63) is 163 Å². The van der Waals surface area contributed by atoms with Gasteiger partial charge in [-0.2, -0.15) is 0 Å². The molecule has 16 nitrogen and oxygen atoms in total. The van der Waals surface area contributed by atoms with Crippen LogP contribution in [0.15, 0.2) is 72.8 Å². The van der Waals surface area contributed by atoms with Crippen LogP contribution >= 0.6 is 0 Å². The number of likely N-dealkylation sites (tertiary alicyclic amines) is 2. The Hall–Kier alpha value is -6.78. The fourth-order valence-corrected chi connectivity index (χ4v) is 14.2. The number of carbonyl (C=O) groups excluding carboxylic acids is 3. The van der Waals surface area contributed by atoms with Crippen LogP contribution in [0.4, 0.5) is 17.6 Å². The van der Waals surface area contributed by atoms with E-state index in [0.29, 0.717) is 120 Å². The average Bonchev–Trinajstić information content (AvgIpc) is 1.64. The number of fused-ring (bicyclic) bond motifs is 2. The summed E-state index contributed by atoms with van der Waals surface area (Å²) >= 11 is 0. The van der Waals surface area contributed by atoms with Crippen molar-refractivity contribution in [2.24, 2.45) is 0 Å². The number of aryl methyl sites for hydroxylation is 2. The molecule has 2 N–H and O–H groups in total. The van der Waals surface area contributed by atoms with Gasteiger partial charge in [-0.1, -0.05) is 13.8 Å². The van der Waals surface area contributed by atoms with Crippen LogP contribution in [0.3, 0.4) is 0 Å². The second kappa shape index (κ2) is 32.9. The number of benzene rings is 4. The number of pyridine rings is 2. The smallest absolute Gasteiger partial charge is 0.870 e. The molecular weight excluding hydrogens is 1260 g/mol. The van der Waals surface area contributed by atoms with Gasteiger partial charge in [0, 0.05) is 118 Å². The fraction of sp³-hybridized carbons (Fsp3) is 0.500. The second-order valence-corrected chi connectivity index (χ2v) is 27.0. The Morgan fingerprint density at radius 3 is 1.34 bits per heavy atom. The number of methoxy groups -OCH3 is 1. The molecule has 2 aliphatic carbocycles. The van der Waals surface area contributed by atoms with Gasteiger partial charge in [0.05, 0.1) is 70.5 Å². The molecule has 97 heavy (non-hydrogen) atoms. The number of carbonyl (C=O) groups is 4. The van der Waals surface area contributed by atoms with Crippen LogP contribution in [0, 0.1) is 23.3 Å². The van der Waals surface area contributed by atoms with Crippen LogP contribution in [-0.4, -0.2) is 147 Å². The minimum absolute atomic E-state index is 0. The Kier molecular flexibility index (Phi) is 25.3. The number of piperidine rings is 2. The van der Waals surface area contributed by atoms with Crippen molar-refractivity contribution in [2.45, 2.75) is 194 Å². The summed E-state index contributed by atoms with van der Waals surface area (Å²) in [5, 5.41) is 9.65. The summed E-state index contributed by atoms with van der Waals surface area (Å²) < 4.78 is 79.9. The number of esters is 1. The summed E-state index contributed by atoms with van der Waals surface area (Å²) in [6.45, 7) is 20.6. The first-order valence-electron chi connectivity index (χ1n) is 34.3. The van der Waals surface area contributed by atoms with Crippen LogP contribution < -0.4 is 39.0 Å². The predicted octanol–water partition coefficient (Wildman–Crippen LogP) is 11.3. The van der Waals surface area contributed by atoms with Crippen molar-refractivity contribution in [3.63, 3.8) is 0 Å². The van der Waals surface area contributed by atoms with E-state index >= 15 is 0 Å². The second-order valence-electron chi connectivity index (χ2n) is 27.0. The van der Waals surface area contributed by atoms with Gasteiger partial charge in [-0.3, -0.25) is 29.4 Å². The number of ether oxygens (including phenoxy) is 4. The molecule has 7 heterocycles. The van der Waals surface area contributed by atoms with E-state index in [1.807, 2.05) is 63.5 Å².